The van der Waals surface area contributed by atoms with Gasteiger partial charge >= 0.3 is 5.69 Å². The fraction of sp³-hybridized carbons (Fsp3) is 0.526. The lowest BCUT2D eigenvalue weighted by Gasteiger charge is -2.32. The van der Waals surface area contributed by atoms with Crippen LogP contribution in [0.3, 0.4) is 0 Å². The van der Waals surface area contributed by atoms with E-state index in [0.717, 1.165) is 11.8 Å². The Morgan fingerprint density at radius 1 is 1.14 bits per heavy atom. The molecule has 3 heterocycles. The molecule has 1 fully saturated rings. The van der Waals surface area contributed by atoms with Crippen LogP contribution in [0.1, 0.15) is 49.8 Å². The van der Waals surface area contributed by atoms with Crippen LogP contribution < -0.4 is 16.8 Å². The van der Waals surface area contributed by atoms with Crippen molar-refractivity contribution in [1.82, 2.24) is 24.6 Å². The van der Waals surface area contributed by atoms with Crippen LogP contribution in [0.4, 0.5) is 0 Å². The average Bonchev–Trinajstić information content (AvgIpc) is 2.62. The number of likely N-dealkylation sites (tertiary alicyclic amines) is 1. The summed E-state index contributed by atoms with van der Waals surface area (Å²) in [7, 11) is 0. The van der Waals surface area contributed by atoms with Gasteiger partial charge in [-0.3, -0.25) is 19.4 Å². The van der Waals surface area contributed by atoms with E-state index < -0.39 is 11.2 Å². The number of aromatic nitrogens is 4. The standard InChI is InChI=1S/C19H25N5O4/c1-19(2,3)14-4-5-16(26)24(22-14)11-12-6-8-23(9-7-12)17(27)13-10-15(25)21-18(28)20-13/h4-5,10,12H,6-9,11H2,1-3H3,(H2,20,21,25,28). The number of piperidine rings is 1. The molecular formula is C19H25N5O4. The number of amides is 1. The number of hydrogen-bond acceptors (Lipinski definition) is 5. The van der Waals surface area contributed by atoms with Crippen LogP contribution in [0.25, 0.3) is 0 Å². The predicted octanol–water partition coefficient (Wildman–Crippen LogP) is 0.470. The largest absolute Gasteiger partial charge is 0.337 e. The first kappa shape index (κ1) is 19.8. The number of rotatable bonds is 3. The molecule has 0 unspecified atom stereocenters. The van der Waals surface area contributed by atoms with Gasteiger partial charge in [0.1, 0.15) is 5.69 Å². The Labute approximate surface area is 161 Å². The van der Waals surface area contributed by atoms with Gasteiger partial charge in [-0.2, -0.15) is 5.10 Å². The molecule has 0 radical (unpaired) electrons. The van der Waals surface area contributed by atoms with Crippen LogP contribution in [0.15, 0.2) is 32.6 Å². The maximum atomic E-state index is 12.5. The van der Waals surface area contributed by atoms with Gasteiger partial charge in [0.2, 0.25) is 0 Å². The SMILES string of the molecule is CC(C)(C)c1ccc(=O)n(CC2CCN(C(=O)c3cc(=O)[nH]c(=O)[nH]3)CC2)n1. The van der Waals surface area contributed by atoms with Crippen molar-refractivity contribution in [2.24, 2.45) is 5.92 Å². The van der Waals surface area contributed by atoms with E-state index in [1.807, 2.05) is 25.8 Å². The summed E-state index contributed by atoms with van der Waals surface area (Å²) in [6.45, 7) is 7.64. The lowest BCUT2D eigenvalue weighted by atomic mass is 9.92. The molecule has 1 aliphatic rings. The summed E-state index contributed by atoms with van der Waals surface area (Å²) in [4.78, 5) is 53.5. The van der Waals surface area contributed by atoms with Crippen LogP contribution in [0.2, 0.25) is 0 Å². The Morgan fingerprint density at radius 3 is 2.43 bits per heavy atom. The van der Waals surface area contributed by atoms with E-state index in [0.29, 0.717) is 32.5 Å². The third-order valence-electron chi connectivity index (χ3n) is 4.96. The second-order valence-electron chi connectivity index (χ2n) is 8.23. The number of nitrogens with one attached hydrogen (secondary N) is 2. The molecule has 3 rings (SSSR count). The number of aromatic amines is 2. The third kappa shape index (κ3) is 4.47. The molecule has 0 aliphatic carbocycles. The zero-order valence-electron chi connectivity index (χ0n) is 16.3. The van der Waals surface area contributed by atoms with Gasteiger partial charge in [0, 0.05) is 37.2 Å². The number of nitrogens with zero attached hydrogens (tertiary/aromatic N) is 3. The second-order valence-corrected chi connectivity index (χ2v) is 8.23. The molecule has 0 bridgehead atoms. The molecule has 150 valence electrons. The number of hydrogen-bond donors (Lipinski definition) is 2. The minimum Gasteiger partial charge on any atom is -0.337 e. The Morgan fingerprint density at radius 2 is 1.82 bits per heavy atom. The summed E-state index contributed by atoms with van der Waals surface area (Å²) in [6, 6.07) is 4.41. The van der Waals surface area contributed by atoms with Crippen molar-refractivity contribution in [2.45, 2.75) is 45.6 Å². The van der Waals surface area contributed by atoms with Crippen molar-refractivity contribution in [2.75, 3.05) is 13.1 Å². The van der Waals surface area contributed by atoms with E-state index in [4.69, 9.17) is 0 Å². The van der Waals surface area contributed by atoms with Gasteiger partial charge in [-0.15, -0.1) is 0 Å². The van der Waals surface area contributed by atoms with Gasteiger partial charge < -0.3 is 9.88 Å². The fourth-order valence-corrected chi connectivity index (χ4v) is 3.30. The van der Waals surface area contributed by atoms with Crippen LogP contribution in [0.5, 0.6) is 0 Å². The van der Waals surface area contributed by atoms with E-state index in [9.17, 15) is 19.2 Å². The minimum atomic E-state index is -0.699. The molecule has 2 N–H and O–H groups in total. The van der Waals surface area contributed by atoms with Crippen molar-refractivity contribution in [3.63, 3.8) is 0 Å². The van der Waals surface area contributed by atoms with E-state index in [-0.39, 0.29) is 28.5 Å². The van der Waals surface area contributed by atoms with E-state index in [1.54, 1.807) is 17.0 Å². The maximum Gasteiger partial charge on any atom is 0.326 e. The van der Waals surface area contributed by atoms with E-state index in [2.05, 4.69) is 10.1 Å². The lowest BCUT2D eigenvalue weighted by Crippen LogP contribution is -2.41. The number of carbonyl (C=O) groups is 1. The molecule has 2 aromatic heterocycles. The number of H-pyrrole nitrogens is 2. The summed E-state index contributed by atoms with van der Waals surface area (Å²) in [5, 5.41) is 4.50. The monoisotopic (exact) mass is 387 g/mol. The molecule has 9 heteroatoms. The smallest absolute Gasteiger partial charge is 0.326 e. The highest BCUT2D eigenvalue weighted by Gasteiger charge is 2.25. The molecule has 0 aromatic carbocycles. The number of carbonyl (C=O) groups excluding carboxylic acids is 1. The highest BCUT2D eigenvalue weighted by Crippen LogP contribution is 2.21. The molecule has 1 saturated heterocycles. The quantitative estimate of drug-likeness (QED) is 0.793. The van der Waals surface area contributed by atoms with Crippen molar-refractivity contribution in [3.05, 3.63) is 60.8 Å². The Kier molecular flexibility index (Phi) is 5.35. The van der Waals surface area contributed by atoms with Gasteiger partial charge in [0.05, 0.1) is 5.69 Å². The van der Waals surface area contributed by atoms with Crippen molar-refractivity contribution in [3.8, 4) is 0 Å². The first-order valence-corrected chi connectivity index (χ1v) is 9.35. The molecular weight excluding hydrogens is 362 g/mol. The third-order valence-corrected chi connectivity index (χ3v) is 4.96. The Hall–Kier alpha value is -2.97. The lowest BCUT2D eigenvalue weighted by molar-refractivity contribution is 0.0673. The molecule has 0 saturated carbocycles. The topological polar surface area (TPSA) is 121 Å². The summed E-state index contributed by atoms with van der Waals surface area (Å²) in [5.74, 6) is -0.144. The molecule has 1 amide bonds. The van der Waals surface area contributed by atoms with Gasteiger partial charge in [0.15, 0.2) is 0 Å². The average molecular weight is 387 g/mol. The summed E-state index contributed by atoms with van der Waals surface area (Å²) in [6.07, 6.45) is 1.43. The first-order valence-electron chi connectivity index (χ1n) is 9.35. The van der Waals surface area contributed by atoms with Crippen LogP contribution in [-0.2, 0) is 12.0 Å². The highest BCUT2D eigenvalue weighted by molar-refractivity contribution is 5.92. The fourth-order valence-electron chi connectivity index (χ4n) is 3.30. The molecule has 0 atom stereocenters. The normalized spacial score (nSPS) is 15.6. The second kappa shape index (κ2) is 7.57. The van der Waals surface area contributed by atoms with Gasteiger partial charge in [-0.05, 0) is 24.8 Å². The first-order chi connectivity index (χ1) is 13.1. The summed E-state index contributed by atoms with van der Waals surface area (Å²) in [5.41, 5.74) is -0.732. The van der Waals surface area contributed by atoms with E-state index in [1.165, 1.54) is 4.68 Å². The molecule has 1 aliphatic heterocycles. The Balaban J connectivity index is 1.66. The Bertz CT molecular complexity index is 1010. The van der Waals surface area contributed by atoms with Crippen molar-refractivity contribution >= 4 is 5.91 Å². The van der Waals surface area contributed by atoms with Crippen molar-refractivity contribution in [1.29, 1.82) is 0 Å². The highest BCUT2D eigenvalue weighted by atomic mass is 16.2. The van der Waals surface area contributed by atoms with E-state index >= 15 is 0 Å². The van der Waals surface area contributed by atoms with Gasteiger partial charge in [-0.1, -0.05) is 20.8 Å². The summed E-state index contributed by atoms with van der Waals surface area (Å²) >= 11 is 0. The molecule has 9 nitrogen and oxygen atoms in total. The van der Waals surface area contributed by atoms with Crippen LogP contribution in [0, 0.1) is 5.92 Å². The zero-order chi connectivity index (χ0) is 20.5. The van der Waals surface area contributed by atoms with Gasteiger partial charge in [0.25, 0.3) is 17.0 Å². The molecule has 0 spiro atoms. The molecule has 2 aromatic rings. The predicted molar refractivity (Wildman–Crippen MR) is 104 cm³/mol. The van der Waals surface area contributed by atoms with Crippen LogP contribution >= 0.6 is 0 Å². The maximum absolute atomic E-state index is 12.5. The minimum absolute atomic E-state index is 0.0111. The van der Waals surface area contributed by atoms with Gasteiger partial charge in [-0.25, -0.2) is 9.48 Å². The summed E-state index contributed by atoms with van der Waals surface area (Å²) < 4.78 is 1.51. The molecule has 28 heavy (non-hydrogen) atoms. The zero-order valence-corrected chi connectivity index (χ0v) is 16.3. The van der Waals surface area contributed by atoms with Crippen LogP contribution in [-0.4, -0.2) is 43.6 Å². The van der Waals surface area contributed by atoms with Crippen molar-refractivity contribution < 1.29 is 4.79 Å².